The number of nitrogens with one attached hydrogen (secondary N) is 2. The van der Waals surface area contributed by atoms with Crippen molar-refractivity contribution in [2.45, 2.75) is 19.1 Å². The molecule has 2 amide bonds. The van der Waals surface area contributed by atoms with Gasteiger partial charge < -0.3 is 15.4 Å². The fourth-order valence-corrected chi connectivity index (χ4v) is 2.44. The number of amides is 2. The van der Waals surface area contributed by atoms with Crippen LogP contribution in [0, 0.1) is 0 Å². The molecule has 0 spiro atoms. The van der Waals surface area contributed by atoms with Crippen molar-refractivity contribution in [1.82, 2.24) is 10.6 Å². The summed E-state index contributed by atoms with van der Waals surface area (Å²) in [7, 11) is 0. The van der Waals surface area contributed by atoms with Crippen molar-refractivity contribution < 1.29 is 27.5 Å². The van der Waals surface area contributed by atoms with Crippen LogP contribution in [0.5, 0.6) is 0 Å². The van der Waals surface area contributed by atoms with E-state index in [-0.39, 0.29) is 21.3 Å². The van der Waals surface area contributed by atoms with Gasteiger partial charge in [-0.3, -0.25) is 0 Å². The molecule has 1 aliphatic rings. The second-order valence-corrected chi connectivity index (χ2v) is 5.75. The minimum atomic E-state index is -4.66. The molecule has 0 bridgehead atoms. The van der Waals surface area contributed by atoms with Gasteiger partial charge in [-0.05, 0) is 24.6 Å². The molecule has 2 N–H and O–H groups in total. The first kappa shape index (κ1) is 18.4. The number of halogens is 5. The Kier molecular flexibility index (Phi) is 5.29. The van der Waals surface area contributed by atoms with Crippen molar-refractivity contribution in [2.24, 2.45) is 0 Å². The van der Waals surface area contributed by atoms with Gasteiger partial charge in [-0.2, -0.15) is 13.2 Å². The molecule has 1 heterocycles. The number of rotatable bonds is 3. The normalized spacial score (nSPS) is 18.1. The standard InChI is InChI=1S/C14H11Cl2F3N2O3/c1-6-10(12(22)24-5-14(17,18)19)11(21-13(23)20-6)7-2-3-8(15)9(16)4-7/h2-4,11H,5H2,1H3,(H2,20,21,23)/t11-/m1/s1. The molecule has 1 aromatic rings. The predicted octanol–water partition coefficient (Wildman–Crippen LogP) is 3.73. The maximum atomic E-state index is 12.2. The Hall–Kier alpha value is -1.93. The Morgan fingerprint density at radius 2 is 1.96 bits per heavy atom. The van der Waals surface area contributed by atoms with Gasteiger partial charge in [0.25, 0.3) is 0 Å². The van der Waals surface area contributed by atoms with Crippen LogP contribution in [0.1, 0.15) is 18.5 Å². The number of ether oxygens (including phenoxy) is 1. The van der Waals surface area contributed by atoms with Gasteiger partial charge in [-0.15, -0.1) is 0 Å². The summed E-state index contributed by atoms with van der Waals surface area (Å²) >= 11 is 11.7. The lowest BCUT2D eigenvalue weighted by Crippen LogP contribution is -2.45. The van der Waals surface area contributed by atoms with Gasteiger partial charge in [-0.1, -0.05) is 29.3 Å². The van der Waals surface area contributed by atoms with E-state index in [1.165, 1.54) is 25.1 Å². The Labute approximate surface area is 144 Å². The summed E-state index contributed by atoms with van der Waals surface area (Å²) in [4.78, 5) is 23.7. The highest BCUT2D eigenvalue weighted by Gasteiger charge is 2.35. The average molecular weight is 383 g/mol. The summed E-state index contributed by atoms with van der Waals surface area (Å²) < 4.78 is 41.0. The number of hydrogen-bond acceptors (Lipinski definition) is 3. The van der Waals surface area contributed by atoms with Crippen LogP contribution in [0.4, 0.5) is 18.0 Å². The Bertz CT molecular complexity index is 720. The molecule has 2 rings (SSSR count). The monoisotopic (exact) mass is 382 g/mol. The molecule has 1 atom stereocenters. The molecule has 0 fully saturated rings. The highest BCUT2D eigenvalue weighted by molar-refractivity contribution is 6.42. The molecule has 0 radical (unpaired) electrons. The van der Waals surface area contributed by atoms with E-state index in [0.29, 0.717) is 5.56 Å². The third-order valence-corrected chi connectivity index (χ3v) is 3.87. The van der Waals surface area contributed by atoms with Crippen molar-refractivity contribution in [3.63, 3.8) is 0 Å². The zero-order valence-electron chi connectivity index (χ0n) is 12.1. The first-order valence-corrected chi connectivity index (χ1v) is 7.31. The number of carbonyl (C=O) groups is 2. The third-order valence-electron chi connectivity index (χ3n) is 3.13. The summed E-state index contributed by atoms with van der Waals surface area (Å²) in [6.07, 6.45) is -4.66. The van der Waals surface area contributed by atoms with E-state index in [1.54, 1.807) is 0 Å². The summed E-state index contributed by atoms with van der Waals surface area (Å²) in [6, 6.07) is 2.71. The highest BCUT2D eigenvalue weighted by Crippen LogP contribution is 2.32. The molecule has 5 nitrogen and oxygen atoms in total. The second-order valence-electron chi connectivity index (χ2n) is 4.94. The molecule has 0 aromatic heterocycles. The zero-order chi connectivity index (χ0) is 18.1. The lowest BCUT2D eigenvalue weighted by Gasteiger charge is -2.28. The Morgan fingerprint density at radius 3 is 2.54 bits per heavy atom. The van der Waals surface area contributed by atoms with Crippen LogP contribution >= 0.6 is 23.2 Å². The van der Waals surface area contributed by atoms with E-state index in [1.807, 2.05) is 0 Å². The van der Waals surface area contributed by atoms with Crippen LogP contribution in [-0.4, -0.2) is 24.8 Å². The van der Waals surface area contributed by atoms with E-state index in [9.17, 15) is 22.8 Å². The lowest BCUT2D eigenvalue weighted by molar-refractivity contribution is -0.183. The minimum absolute atomic E-state index is 0.0852. The highest BCUT2D eigenvalue weighted by atomic mass is 35.5. The average Bonchev–Trinajstić information content (AvgIpc) is 2.46. The van der Waals surface area contributed by atoms with Crippen LogP contribution in [0.3, 0.4) is 0 Å². The molecule has 24 heavy (non-hydrogen) atoms. The van der Waals surface area contributed by atoms with E-state index in [0.717, 1.165) is 0 Å². The second kappa shape index (κ2) is 6.90. The molecule has 0 unspecified atom stereocenters. The SMILES string of the molecule is CC1=C(C(=O)OCC(F)(F)F)[C@@H](c2ccc(Cl)c(Cl)c2)NC(=O)N1. The number of carbonyl (C=O) groups excluding carboxylic acids is 2. The van der Waals surface area contributed by atoms with Crippen LogP contribution in [0.25, 0.3) is 0 Å². The summed E-state index contributed by atoms with van der Waals surface area (Å²) in [6.45, 7) is -0.349. The van der Waals surface area contributed by atoms with Crippen LogP contribution in [-0.2, 0) is 9.53 Å². The summed E-state index contributed by atoms with van der Waals surface area (Å²) in [5.74, 6) is -1.20. The Balaban J connectivity index is 2.36. The van der Waals surface area contributed by atoms with Crippen molar-refractivity contribution >= 4 is 35.2 Å². The van der Waals surface area contributed by atoms with Crippen molar-refractivity contribution in [1.29, 1.82) is 0 Å². The van der Waals surface area contributed by atoms with Crippen molar-refractivity contribution in [2.75, 3.05) is 6.61 Å². The van der Waals surface area contributed by atoms with Gasteiger partial charge in [0.15, 0.2) is 6.61 Å². The Morgan fingerprint density at radius 1 is 1.29 bits per heavy atom. The van der Waals surface area contributed by atoms with Crippen LogP contribution < -0.4 is 10.6 Å². The first-order valence-electron chi connectivity index (χ1n) is 6.55. The molecule has 130 valence electrons. The lowest BCUT2D eigenvalue weighted by atomic mass is 9.95. The number of esters is 1. The van der Waals surface area contributed by atoms with Gasteiger partial charge in [-0.25, -0.2) is 9.59 Å². The van der Waals surface area contributed by atoms with E-state index in [2.05, 4.69) is 15.4 Å². The summed E-state index contributed by atoms with van der Waals surface area (Å²) in [5.41, 5.74) is 0.303. The fourth-order valence-electron chi connectivity index (χ4n) is 2.13. The quantitative estimate of drug-likeness (QED) is 0.782. The van der Waals surface area contributed by atoms with Gasteiger partial charge >= 0.3 is 18.2 Å². The van der Waals surface area contributed by atoms with Gasteiger partial charge in [0.1, 0.15) is 0 Å². The molecule has 10 heteroatoms. The summed E-state index contributed by atoms with van der Waals surface area (Å²) in [5, 5.41) is 5.19. The topological polar surface area (TPSA) is 67.4 Å². The van der Waals surface area contributed by atoms with Crippen LogP contribution in [0.15, 0.2) is 29.5 Å². The number of allylic oxidation sites excluding steroid dienone is 1. The molecule has 1 aromatic carbocycles. The molecule has 0 saturated carbocycles. The van der Waals surface area contributed by atoms with E-state index >= 15 is 0 Å². The largest absolute Gasteiger partial charge is 0.453 e. The molecule has 1 aliphatic heterocycles. The molecular weight excluding hydrogens is 372 g/mol. The first-order chi connectivity index (χ1) is 11.1. The molecule has 0 saturated heterocycles. The minimum Gasteiger partial charge on any atom is -0.453 e. The maximum Gasteiger partial charge on any atom is 0.422 e. The fraction of sp³-hybridized carbons (Fsp3) is 0.286. The van der Waals surface area contributed by atoms with Gasteiger partial charge in [0, 0.05) is 5.70 Å². The van der Waals surface area contributed by atoms with Gasteiger partial charge in [0.05, 0.1) is 21.7 Å². The molecule has 0 aliphatic carbocycles. The number of urea groups is 1. The number of hydrogen-bond donors (Lipinski definition) is 2. The molecular formula is C14H11Cl2F3N2O3. The number of benzene rings is 1. The third kappa shape index (κ3) is 4.33. The predicted molar refractivity (Wildman–Crippen MR) is 80.6 cm³/mol. The van der Waals surface area contributed by atoms with Crippen LogP contribution in [0.2, 0.25) is 10.0 Å². The van der Waals surface area contributed by atoms with E-state index < -0.39 is 30.8 Å². The zero-order valence-corrected chi connectivity index (χ0v) is 13.6. The van der Waals surface area contributed by atoms with Crippen molar-refractivity contribution in [3.8, 4) is 0 Å². The van der Waals surface area contributed by atoms with Crippen molar-refractivity contribution in [3.05, 3.63) is 45.1 Å². The van der Waals surface area contributed by atoms with Gasteiger partial charge in [0.2, 0.25) is 0 Å². The maximum absolute atomic E-state index is 12.2. The smallest absolute Gasteiger partial charge is 0.422 e. The van der Waals surface area contributed by atoms with E-state index in [4.69, 9.17) is 23.2 Å². The number of alkyl halides is 3.